The van der Waals surface area contributed by atoms with Crippen molar-refractivity contribution in [3.8, 4) is 5.69 Å². The molecular formula is C18H25N5O2. The maximum absolute atomic E-state index is 12.4. The third-order valence-corrected chi connectivity index (χ3v) is 4.69. The molecule has 25 heavy (non-hydrogen) atoms. The van der Waals surface area contributed by atoms with Crippen molar-refractivity contribution < 1.29 is 9.90 Å². The van der Waals surface area contributed by atoms with Crippen LogP contribution in [0, 0.1) is 0 Å². The van der Waals surface area contributed by atoms with E-state index in [1.165, 1.54) is 0 Å². The highest BCUT2D eigenvalue weighted by Gasteiger charge is 2.24. The monoisotopic (exact) mass is 343 g/mol. The van der Waals surface area contributed by atoms with Gasteiger partial charge in [-0.05, 0) is 36.8 Å². The van der Waals surface area contributed by atoms with Gasteiger partial charge in [-0.3, -0.25) is 4.90 Å². The number of carbonyl (C=O) groups is 1. The van der Waals surface area contributed by atoms with Crippen molar-refractivity contribution in [1.82, 2.24) is 19.6 Å². The van der Waals surface area contributed by atoms with E-state index < -0.39 is 0 Å². The predicted octanol–water partition coefficient (Wildman–Crippen LogP) is 1.79. The molecule has 1 fully saturated rings. The van der Waals surface area contributed by atoms with Crippen molar-refractivity contribution in [3.05, 3.63) is 42.7 Å². The zero-order valence-electron chi connectivity index (χ0n) is 14.5. The van der Waals surface area contributed by atoms with E-state index in [1.807, 2.05) is 41.4 Å². The molecule has 1 atom stereocenters. The molecule has 0 aliphatic carbocycles. The molecule has 2 amide bonds. The van der Waals surface area contributed by atoms with Crippen molar-refractivity contribution in [2.45, 2.75) is 19.4 Å². The van der Waals surface area contributed by atoms with Crippen molar-refractivity contribution in [3.63, 3.8) is 0 Å². The number of hydrogen-bond acceptors (Lipinski definition) is 4. The fourth-order valence-electron chi connectivity index (χ4n) is 3.11. The largest absolute Gasteiger partial charge is 0.395 e. The third kappa shape index (κ3) is 4.18. The Morgan fingerprint density at radius 3 is 2.52 bits per heavy atom. The summed E-state index contributed by atoms with van der Waals surface area (Å²) in [5.74, 6) is 0. The van der Waals surface area contributed by atoms with Crippen molar-refractivity contribution in [1.29, 1.82) is 0 Å². The lowest BCUT2D eigenvalue weighted by Gasteiger charge is -2.38. The molecule has 0 spiro atoms. The van der Waals surface area contributed by atoms with E-state index in [0.717, 1.165) is 30.9 Å². The van der Waals surface area contributed by atoms with Gasteiger partial charge in [-0.2, -0.15) is 5.10 Å². The molecule has 1 saturated heterocycles. The van der Waals surface area contributed by atoms with Gasteiger partial charge in [0.25, 0.3) is 0 Å². The van der Waals surface area contributed by atoms with Crippen molar-refractivity contribution >= 4 is 11.7 Å². The van der Waals surface area contributed by atoms with Crippen LogP contribution >= 0.6 is 0 Å². The molecular weight excluding hydrogens is 318 g/mol. The molecule has 1 aliphatic heterocycles. The molecule has 2 heterocycles. The maximum Gasteiger partial charge on any atom is 0.321 e. The highest BCUT2D eigenvalue weighted by atomic mass is 16.3. The predicted molar refractivity (Wildman–Crippen MR) is 96.9 cm³/mol. The second kappa shape index (κ2) is 8.13. The number of aliphatic hydroxyl groups is 1. The van der Waals surface area contributed by atoms with Gasteiger partial charge in [0.05, 0.1) is 12.3 Å². The van der Waals surface area contributed by atoms with Gasteiger partial charge in [-0.15, -0.1) is 0 Å². The maximum atomic E-state index is 12.4. The van der Waals surface area contributed by atoms with E-state index in [0.29, 0.717) is 13.1 Å². The van der Waals surface area contributed by atoms with E-state index in [9.17, 15) is 9.90 Å². The van der Waals surface area contributed by atoms with Gasteiger partial charge in [0.15, 0.2) is 0 Å². The van der Waals surface area contributed by atoms with E-state index >= 15 is 0 Å². The number of hydrogen-bond donors (Lipinski definition) is 2. The molecule has 1 aromatic carbocycles. The Morgan fingerprint density at radius 1 is 1.24 bits per heavy atom. The quantitative estimate of drug-likeness (QED) is 0.868. The van der Waals surface area contributed by atoms with Gasteiger partial charge in [-0.1, -0.05) is 6.92 Å². The first-order valence-electron chi connectivity index (χ1n) is 8.72. The van der Waals surface area contributed by atoms with Gasteiger partial charge in [0.1, 0.15) is 0 Å². The first-order chi connectivity index (χ1) is 12.2. The number of piperazine rings is 1. The van der Waals surface area contributed by atoms with Gasteiger partial charge >= 0.3 is 6.03 Å². The zero-order valence-corrected chi connectivity index (χ0v) is 14.5. The normalized spacial score (nSPS) is 16.6. The molecule has 134 valence electrons. The lowest BCUT2D eigenvalue weighted by molar-refractivity contribution is 0.0766. The Bertz CT molecular complexity index is 659. The summed E-state index contributed by atoms with van der Waals surface area (Å²) in [6.45, 7) is 5.19. The van der Waals surface area contributed by atoms with Crippen LogP contribution in [0.15, 0.2) is 42.7 Å². The number of rotatable bonds is 5. The van der Waals surface area contributed by atoms with Crippen LogP contribution in [0.1, 0.15) is 13.3 Å². The number of benzene rings is 1. The summed E-state index contributed by atoms with van der Waals surface area (Å²) in [5, 5.41) is 16.5. The fraction of sp³-hybridized carbons (Fsp3) is 0.444. The van der Waals surface area contributed by atoms with E-state index in [4.69, 9.17) is 0 Å². The summed E-state index contributed by atoms with van der Waals surface area (Å²) in [5.41, 5.74) is 1.72. The van der Waals surface area contributed by atoms with Crippen molar-refractivity contribution in [2.24, 2.45) is 0 Å². The number of anilines is 1. The summed E-state index contributed by atoms with van der Waals surface area (Å²) in [6.07, 6.45) is 4.53. The summed E-state index contributed by atoms with van der Waals surface area (Å²) in [7, 11) is 0. The van der Waals surface area contributed by atoms with E-state index in [1.54, 1.807) is 10.9 Å². The molecule has 0 saturated carbocycles. The van der Waals surface area contributed by atoms with E-state index in [2.05, 4.69) is 22.2 Å². The van der Waals surface area contributed by atoms with Crippen LogP contribution in [0.3, 0.4) is 0 Å². The molecule has 3 rings (SSSR count). The second-order valence-electron chi connectivity index (χ2n) is 6.20. The van der Waals surface area contributed by atoms with E-state index in [-0.39, 0.29) is 18.7 Å². The summed E-state index contributed by atoms with van der Waals surface area (Å²) in [6, 6.07) is 9.59. The minimum absolute atomic E-state index is 0.0801. The standard InChI is InChI=1S/C18H25N5O2/c1-2-16(14-24)21-10-12-22(13-11-21)18(25)20-15-4-6-17(7-5-15)23-9-3-8-19-23/h3-9,16,24H,2,10-14H2,1H3,(H,20,25). The average Bonchev–Trinajstić information content (AvgIpc) is 3.18. The van der Waals surface area contributed by atoms with Crippen LogP contribution in [0.25, 0.3) is 5.69 Å². The fourth-order valence-corrected chi connectivity index (χ4v) is 3.11. The topological polar surface area (TPSA) is 73.6 Å². The zero-order chi connectivity index (χ0) is 17.6. The molecule has 2 aromatic rings. The van der Waals surface area contributed by atoms with Crippen LogP contribution in [-0.4, -0.2) is 69.5 Å². The van der Waals surface area contributed by atoms with Crippen molar-refractivity contribution in [2.75, 3.05) is 38.1 Å². The molecule has 0 radical (unpaired) electrons. The Hall–Kier alpha value is -2.38. The SMILES string of the molecule is CCC(CO)N1CCN(C(=O)Nc2ccc(-n3cccn3)cc2)CC1. The highest BCUT2D eigenvalue weighted by Crippen LogP contribution is 2.14. The Kier molecular flexibility index (Phi) is 5.67. The first-order valence-corrected chi connectivity index (χ1v) is 8.72. The van der Waals surface area contributed by atoms with Gasteiger partial charge < -0.3 is 15.3 Å². The third-order valence-electron chi connectivity index (χ3n) is 4.69. The summed E-state index contributed by atoms with van der Waals surface area (Å²) >= 11 is 0. The molecule has 7 nitrogen and oxygen atoms in total. The molecule has 1 aromatic heterocycles. The van der Waals surface area contributed by atoms with Crippen LogP contribution < -0.4 is 5.32 Å². The number of nitrogens with one attached hydrogen (secondary N) is 1. The average molecular weight is 343 g/mol. The van der Waals surface area contributed by atoms with Gasteiger partial charge in [0.2, 0.25) is 0 Å². The highest BCUT2D eigenvalue weighted by molar-refractivity contribution is 5.89. The minimum atomic E-state index is -0.0801. The van der Waals surface area contributed by atoms with Gasteiger partial charge in [-0.25, -0.2) is 9.48 Å². The number of nitrogens with zero attached hydrogens (tertiary/aromatic N) is 4. The van der Waals surface area contributed by atoms with Crippen LogP contribution in [0.5, 0.6) is 0 Å². The summed E-state index contributed by atoms with van der Waals surface area (Å²) < 4.78 is 1.77. The molecule has 7 heteroatoms. The number of aromatic nitrogens is 2. The lowest BCUT2D eigenvalue weighted by atomic mass is 10.2. The molecule has 0 bridgehead atoms. The number of carbonyl (C=O) groups excluding carboxylic acids is 1. The number of amides is 2. The second-order valence-corrected chi connectivity index (χ2v) is 6.20. The Labute approximate surface area is 147 Å². The Morgan fingerprint density at radius 2 is 1.96 bits per heavy atom. The van der Waals surface area contributed by atoms with Crippen LogP contribution in [0.4, 0.5) is 10.5 Å². The first kappa shape index (κ1) is 17.4. The smallest absolute Gasteiger partial charge is 0.321 e. The molecule has 1 aliphatic rings. The minimum Gasteiger partial charge on any atom is -0.395 e. The Balaban J connectivity index is 1.53. The lowest BCUT2D eigenvalue weighted by Crippen LogP contribution is -2.53. The molecule has 2 N–H and O–H groups in total. The number of aliphatic hydroxyl groups excluding tert-OH is 1. The molecule has 1 unspecified atom stereocenters. The van der Waals surface area contributed by atoms with Crippen LogP contribution in [0.2, 0.25) is 0 Å². The van der Waals surface area contributed by atoms with Crippen LogP contribution in [-0.2, 0) is 0 Å². The summed E-state index contributed by atoms with van der Waals surface area (Å²) in [4.78, 5) is 16.5. The number of urea groups is 1. The van der Waals surface area contributed by atoms with Gasteiger partial charge in [0, 0.05) is 50.3 Å².